The van der Waals surface area contributed by atoms with Gasteiger partial charge in [-0.15, -0.1) is 0 Å². The largest absolute Gasteiger partial charge is 0.334 e. The zero-order valence-corrected chi connectivity index (χ0v) is 13.7. The van der Waals surface area contributed by atoms with Crippen molar-refractivity contribution in [3.63, 3.8) is 0 Å². The van der Waals surface area contributed by atoms with Crippen LogP contribution in [0.25, 0.3) is 5.69 Å². The first kappa shape index (κ1) is 15.1. The van der Waals surface area contributed by atoms with Crippen LogP contribution in [0.15, 0.2) is 26.2 Å². The molecule has 0 saturated carbocycles. The van der Waals surface area contributed by atoms with Crippen molar-refractivity contribution in [3.8, 4) is 5.69 Å². The van der Waals surface area contributed by atoms with E-state index < -0.39 is 5.69 Å². The SMILES string of the molecule is CCc1c(Cl)[nH]c(=O)n(-c2c(C)cc(C)cc2Br)c1=O. The molecular formula is C14H14BrClN2O2. The Hall–Kier alpha value is -1.33. The first-order chi connectivity index (χ1) is 9.36. The number of H-pyrrole nitrogens is 1. The maximum atomic E-state index is 12.5. The van der Waals surface area contributed by atoms with E-state index in [0.717, 1.165) is 15.7 Å². The first-order valence-corrected chi connectivity index (χ1v) is 7.34. The lowest BCUT2D eigenvalue weighted by Crippen LogP contribution is -2.36. The highest BCUT2D eigenvalue weighted by Crippen LogP contribution is 2.24. The number of halogens is 2. The minimum atomic E-state index is -0.537. The third-order valence-corrected chi connectivity index (χ3v) is 4.05. The quantitative estimate of drug-likeness (QED) is 0.840. The van der Waals surface area contributed by atoms with Crippen molar-refractivity contribution in [2.75, 3.05) is 0 Å². The van der Waals surface area contributed by atoms with E-state index in [1.54, 1.807) is 0 Å². The molecule has 0 unspecified atom stereocenters. The zero-order chi connectivity index (χ0) is 15.0. The Morgan fingerprint density at radius 1 is 1.30 bits per heavy atom. The van der Waals surface area contributed by atoms with Gasteiger partial charge in [0.05, 0.1) is 11.3 Å². The molecule has 0 bridgehead atoms. The summed E-state index contributed by atoms with van der Waals surface area (Å²) in [5, 5.41) is 0.111. The molecule has 4 nitrogen and oxygen atoms in total. The van der Waals surface area contributed by atoms with Gasteiger partial charge in [-0.3, -0.25) is 9.78 Å². The molecule has 1 heterocycles. The molecule has 20 heavy (non-hydrogen) atoms. The monoisotopic (exact) mass is 356 g/mol. The Balaban J connectivity index is 2.91. The van der Waals surface area contributed by atoms with Gasteiger partial charge in [-0.1, -0.05) is 24.6 Å². The molecule has 1 aromatic heterocycles. The lowest BCUT2D eigenvalue weighted by molar-refractivity contribution is 0.833. The molecule has 0 amide bonds. The van der Waals surface area contributed by atoms with Crippen LogP contribution in [0.3, 0.4) is 0 Å². The summed E-state index contributed by atoms with van der Waals surface area (Å²) in [7, 11) is 0. The fourth-order valence-electron chi connectivity index (χ4n) is 2.25. The van der Waals surface area contributed by atoms with Crippen LogP contribution in [0.4, 0.5) is 0 Å². The van der Waals surface area contributed by atoms with Crippen LogP contribution in [0.2, 0.25) is 5.15 Å². The number of nitrogens with one attached hydrogen (secondary N) is 1. The van der Waals surface area contributed by atoms with Crippen molar-refractivity contribution < 1.29 is 0 Å². The first-order valence-electron chi connectivity index (χ1n) is 6.17. The number of rotatable bonds is 2. The normalized spacial score (nSPS) is 10.8. The van der Waals surface area contributed by atoms with Crippen LogP contribution in [-0.4, -0.2) is 9.55 Å². The maximum Gasteiger partial charge on any atom is 0.334 e. The van der Waals surface area contributed by atoms with E-state index in [-0.39, 0.29) is 10.7 Å². The lowest BCUT2D eigenvalue weighted by atomic mass is 10.1. The summed E-state index contributed by atoms with van der Waals surface area (Å²) in [6.07, 6.45) is 0.455. The number of aryl methyl sites for hydroxylation is 2. The summed E-state index contributed by atoms with van der Waals surface area (Å²) in [5.74, 6) is 0. The van der Waals surface area contributed by atoms with E-state index in [4.69, 9.17) is 11.6 Å². The van der Waals surface area contributed by atoms with Crippen LogP contribution in [0.1, 0.15) is 23.6 Å². The molecule has 0 aliphatic heterocycles. The number of aromatic amines is 1. The van der Waals surface area contributed by atoms with Crippen LogP contribution < -0.4 is 11.2 Å². The maximum absolute atomic E-state index is 12.5. The van der Waals surface area contributed by atoms with Crippen molar-refractivity contribution in [2.45, 2.75) is 27.2 Å². The summed E-state index contributed by atoms with van der Waals surface area (Å²) in [6, 6.07) is 3.79. The Bertz CT molecular complexity index is 770. The number of nitrogens with zero attached hydrogens (tertiary/aromatic N) is 1. The molecule has 0 radical (unpaired) electrons. The number of hydrogen-bond donors (Lipinski definition) is 1. The van der Waals surface area contributed by atoms with Crippen LogP contribution in [0.5, 0.6) is 0 Å². The van der Waals surface area contributed by atoms with Crippen LogP contribution >= 0.6 is 27.5 Å². The molecular weight excluding hydrogens is 344 g/mol. The van der Waals surface area contributed by atoms with Crippen molar-refractivity contribution in [2.24, 2.45) is 0 Å². The van der Waals surface area contributed by atoms with E-state index in [1.807, 2.05) is 32.9 Å². The molecule has 0 fully saturated rings. The van der Waals surface area contributed by atoms with Crippen molar-refractivity contribution in [1.82, 2.24) is 9.55 Å². The predicted octanol–water partition coefficient (Wildman–Crippen LogP) is 3.12. The summed E-state index contributed by atoms with van der Waals surface area (Å²) < 4.78 is 1.83. The fourth-order valence-corrected chi connectivity index (χ4v) is 3.39. The smallest absolute Gasteiger partial charge is 0.297 e. The lowest BCUT2D eigenvalue weighted by Gasteiger charge is -2.13. The Morgan fingerprint density at radius 3 is 2.50 bits per heavy atom. The highest BCUT2D eigenvalue weighted by Gasteiger charge is 2.16. The third kappa shape index (κ3) is 2.47. The Labute approximate surface area is 129 Å². The predicted molar refractivity (Wildman–Crippen MR) is 84.2 cm³/mol. The molecule has 0 atom stereocenters. The van der Waals surface area contributed by atoms with E-state index in [2.05, 4.69) is 20.9 Å². The number of benzene rings is 1. The number of hydrogen-bond acceptors (Lipinski definition) is 2. The topological polar surface area (TPSA) is 54.9 Å². The van der Waals surface area contributed by atoms with Crippen LogP contribution in [-0.2, 0) is 6.42 Å². The summed E-state index contributed by atoms with van der Waals surface area (Å²) in [6.45, 7) is 5.63. The second-order valence-electron chi connectivity index (χ2n) is 4.63. The highest BCUT2D eigenvalue weighted by molar-refractivity contribution is 9.10. The highest BCUT2D eigenvalue weighted by atomic mass is 79.9. The van der Waals surface area contributed by atoms with Gasteiger partial charge < -0.3 is 0 Å². The summed E-state index contributed by atoms with van der Waals surface area (Å²) in [5.41, 5.74) is 1.92. The third-order valence-electron chi connectivity index (χ3n) is 3.12. The van der Waals surface area contributed by atoms with Crippen molar-refractivity contribution in [1.29, 1.82) is 0 Å². The molecule has 0 saturated heterocycles. The van der Waals surface area contributed by atoms with E-state index in [0.29, 0.717) is 22.1 Å². The standard InChI is InChI=1S/C14H14BrClN2O2/c1-4-9-12(16)17-14(20)18(13(9)19)11-8(3)5-7(2)6-10(11)15/h5-6H,4H2,1-3H3,(H,17,20). The van der Waals surface area contributed by atoms with Gasteiger partial charge >= 0.3 is 5.69 Å². The van der Waals surface area contributed by atoms with Crippen molar-refractivity contribution >= 4 is 27.5 Å². The molecule has 106 valence electrons. The molecule has 6 heteroatoms. The molecule has 1 N–H and O–H groups in total. The molecule has 2 aromatic rings. The summed E-state index contributed by atoms with van der Waals surface area (Å²) in [4.78, 5) is 27.1. The Kier molecular flexibility index (Phi) is 4.20. The van der Waals surface area contributed by atoms with Gasteiger partial charge in [-0.2, -0.15) is 0 Å². The molecule has 2 rings (SSSR count). The van der Waals surface area contributed by atoms with E-state index in [9.17, 15) is 9.59 Å². The van der Waals surface area contributed by atoms with Gasteiger partial charge in [0.2, 0.25) is 0 Å². The molecule has 0 aliphatic carbocycles. The minimum Gasteiger partial charge on any atom is -0.297 e. The van der Waals surface area contributed by atoms with E-state index in [1.165, 1.54) is 0 Å². The average molecular weight is 358 g/mol. The number of aromatic nitrogens is 2. The van der Waals surface area contributed by atoms with Gasteiger partial charge in [0.1, 0.15) is 5.15 Å². The van der Waals surface area contributed by atoms with Crippen LogP contribution in [0, 0.1) is 13.8 Å². The van der Waals surface area contributed by atoms with E-state index >= 15 is 0 Å². The second-order valence-corrected chi connectivity index (χ2v) is 5.86. The second kappa shape index (κ2) is 5.58. The van der Waals surface area contributed by atoms with Gasteiger partial charge in [0.25, 0.3) is 5.56 Å². The zero-order valence-electron chi connectivity index (χ0n) is 11.4. The molecule has 0 spiro atoms. The molecule has 1 aromatic carbocycles. The Morgan fingerprint density at radius 2 is 1.95 bits per heavy atom. The van der Waals surface area contributed by atoms with Gasteiger partial charge in [0, 0.05) is 4.47 Å². The van der Waals surface area contributed by atoms with Gasteiger partial charge in [-0.05, 0) is 53.4 Å². The fraction of sp³-hybridized carbons (Fsp3) is 0.286. The van der Waals surface area contributed by atoms with Gasteiger partial charge in [-0.25, -0.2) is 9.36 Å². The molecule has 0 aliphatic rings. The summed E-state index contributed by atoms with van der Waals surface area (Å²) >= 11 is 9.34. The van der Waals surface area contributed by atoms with Gasteiger partial charge in [0.15, 0.2) is 0 Å². The van der Waals surface area contributed by atoms with Crippen molar-refractivity contribution in [3.05, 3.63) is 59.3 Å². The minimum absolute atomic E-state index is 0.111. The average Bonchev–Trinajstić information content (AvgIpc) is 2.32.